The molecule has 4 atom stereocenters. The van der Waals surface area contributed by atoms with E-state index in [0.29, 0.717) is 5.56 Å². The molecule has 3 aliphatic rings. The number of rotatable bonds is 4. The van der Waals surface area contributed by atoms with Crippen molar-refractivity contribution in [3.63, 3.8) is 0 Å². The molecule has 4 unspecified atom stereocenters. The lowest BCUT2D eigenvalue weighted by molar-refractivity contribution is -0.146. The minimum absolute atomic E-state index is 0.123. The van der Waals surface area contributed by atoms with Gasteiger partial charge in [0, 0.05) is 18.6 Å². The van der Waals surface area contributed by atoms with Gasteiger partial charge in [0.2, 0.25) is 17.7 Å². The fraction of sp³-hybridized carbons (Fsp3) is 0.421. The van der Waals surface area contributed by atoms with Gasteiger partial charge in [-0.05, 0) is 36.0 Å². The first-order valence-corrected chi connectivity index (χ1v) is 8.96. The summed E-state index contributed by atoms with van der Waals surface area (Å²) in [6.45, 7) is -0.0900. The number of carbonyl (C=O) groups excluding carboxylic acids is 3. The molecule has 3 amide bonds. The molecule has 0 aromatic heterocycles. The standard InChI is InChI=1S/C19H18ClFN2O3/c1-22(8-12-4-5-13(21)7-14(12)20)15(24)9-23-18(25)16-10-2-3-11(6-10)17(16)19(23)26/h2-5,7,10-11,16-17H,6,8-9H2,1H3. The average molecular weight is 377 g/mol. The average Bonchev–Trinajstić information content (AvgIpc) is 3.27. The molecule has 1 aliphatic heterocycles. The molecule has 1 saturated heterocycles. The minimum Gasteiger partial charge on any atom is -0.340 e. The monoisotopic (exact) mass is 376 g/mol. The fourth-order valence-electron chi connectivity index (χ4n) is 4.37. The Balaban J connectivity index is 1.43. The Morgan fingerprint density at radius 2 is 1.85 bits per heavy atom. The summed E-state index contributed by atoms with van der Waals surface area (Å²) < 4.78 is 13.1. The van der Waals surface area contributed by atoms with Crippen LogP contribution >= 0.6 is 11.6 Å². The van der Waals surface area contributed by atoms with E-state index in [1.807, 2.05) is 12.2 Å². The SMILES string of the molecule is CN(Cc1ccc(F)cc1Cl)C(=O)CN1C(=O)C2C3C=CC(C3)C2C1=O. The van der Waals surface area contributed by atoms with Gasteiger partial charge in [-0.3, -0.25) is 19.3 Å². The van der Waals surface area contributed by atoms with Crippen LogP contribution in [0.3, 0.4) is 0 Å². The molecule has 1 aromatic carbocycles. The molecular formula is C19H18ClFN2O3. The van der Waals surface area contributed by atoms with Crippen LogP contribution in [0.4, 0.5) is 4.39 Å². The highest BCUT2D eigenvalue weighted by Crippen LogP contribution is 2.52. The van der Waals surface area contributed by atoms with Crippen LogP contribution in [0.2, 0.25) is 5.02 Å². The first-order valence-electron chi connectivity index (χ1n) is 8.58. The van der Waals surface area contributed by atoms with E-state index in [0.717, 1.165) is 11.3 Å². The van der Waals surface area contributed by atoms with E-state index >= 15 is 0 Å². The van der Waals surface area contributed by atoms with E-state index in [1.165, 1.54) is 23.1 Å². The number of likely N-dealkylation sites (tertiary alicyclic amines) is 1. The van der Waals surface area contributed by atoms with Crippen molar-refractivity contribution in [1.82, 2.24) is 9.80 Å². The number of likely N-dealkylation sites (N-methyl/N-ethyl adjacent to an activating group) is 1. The van der Waals surface area contributed by atoms with Crippen LogP contribution in [-0.4, -0.2) is 41.1 Å². The number of allylic oxidation sites excluding steroid dienone is 2. The van der Waals surface area contributed by atoms with Crippen LogP contribution in [0.25, 0.3) is 0 Å². The second-order valence-electron chi connectivity index (χ2n) is 7.25. The van der Waals surface area contributed by atoms with Crippen LogP contribution in [-0.2, 0) is 20.9 Å². The Hall–Kier alpha value is -2.21. The second kappa shape index (κ2) is 6.20. The van der Waals surface area contributed by atoms with Gasteiger partial charge in [0.15, 0.2) is 0 Å². The summed E-state index contributed by atoms with van der Waals surface area (Å²) in [4.78, 5) is 40.3. The third-order valence-corrected chi connectivity index (χ3v) is 6.06. The van der Waals surface area contributed by atoms with Gasteiger partial charge in [-0.2, -0.15) is 0 Å². The predicted octanol–water partition coefficient (Wildman–Crippen LogP) is 2.24. The summed E-state index contributed by atoms with van der Waals surface area (Å²) in [5, 5.41) is 0.232. The zero-order valence-corrected chi connectivity index (χ0v) is 14.9. The van der Waals surface area contributed by atoms with E-state index in [1.54, 1.807) is 7.05 Å². The van der Waals surface area contributed by atoms with Gasteiger partial charge in [0.05, 0.1) is 11.8 Å². The normalized spacial score (nSPS) is 28.8. The van der Waals surface area contributed by atoms with Crippen molar-refractivity contribution in [3.8, 4) is 0 Å². The highest BCUT2D eigenvalue weighted by Gasteiger charge is 2.59. The highest BCUT2D eigenvalue weighted by atomic mass is 35.5. The third-order valence-electron chi connectivity index (χ3n) is 5.70. The van der Waals surface area contributed by atoms with E-state index in [-0.39, 0.29) is 59.5 Å². The first-order chi connectivity index (χ1) is 12.4. The van der Waals surface area contributed by atoms with Gasteiger partial charge >= 0.3 is 0 Å². The summed E-state index contributed by atoms with van der Waals surface area (Å²) >= 11 is 6.00. The number of fused-ring (bicyclic) bond motifs is 5. The zero-order valence-electron chi connectivity index (χ0n) is 14.2. The smallest absolute Gasteiger partial charge is 0.242 e. The van der Waals surface area contributed by atoms with E-state index in [9.17, 15) is 18.8 Å². The Morgan fingerprint density at radius 3 is 2.42 bits per heavy atom. The summed E-state index contributed by atoms with van der Waals surface area (Å²) in [5.74, 6) is -1.64. The van der Waals surface area contributed by atoms with Crippen LogP contribution in [0, 0.1) is 29.5 Å². The molecule has 136 valence electrons. The number of halogens is 2. The topological polar surface area (TPSA) is 57.7 Å². The molecule has 26 heavy (non-hydrogen) atoms. The van der Waals surface area contributed by atoms with Gasteiger partial charge in [-0.25, -0.2) is 4.39 Å². The van der Waals surface area contributed by atoms with Crippen molar-refractivity contribution < 1.29 is 18.8 Å². The van der Waals surface area contributed by atoms with Crippen molar-refractivity contribution in [2.45, 2.75) is 13.0 Å². The summed E-state index contributed by atoms with van der Waals surface area (Å²) in [6.07, 6.45) is 4.90. The lowest BCUT2D eigenvalue weighted by Gasteiger charge is -2.22. The Morgan fingerprint density at radius 1 is 1.23 bits per heavy atom. The maximum absolute atomic E-state index is 13.1. The molecule has 0 spiro atoms. The van der Waals surface area contributed by atoms with Crippen LogP contribution in [0.5, 0.6) is 0 Å². The molecular weight excluding hydrogens is 359 g/mol. The Kier molecular flexibility index (Phi) is 4.10. The van der Waals surface area contributed by atoms with Crippen LogP contribution in [0.15, 0.2) is 30.4 Å². The largest absolute Gasteiger partial charge is 0.340 e. The molecule has 1 aromatic rings. The van der Waals surface area contributed by atoms with E-state index < -0.39 is 5.82 Å². The number of benzene rings is 1. The van der Waals surface area contributed by atoms with Crippen molar-refractivity contribution in [1.29, 1.82) is 0 Å². The lowest BCUT2D eigenvalue weighted by Crippen LogP contribution is -2.42. The number of imide groups is 1. The van der Waals surface area contributed by atoms with E-state index in [2.05, 4.69) is 0 Å². The molecule has 2 bridgehead atoms. The van der Waals surface area contributed by atoms with Crippen molar-refractivity contribution >= 4 is 29.3 Å². The molecule has 0 N–H and O–H groups in total. The van der Waals surface area contributed by atoms with Crippen molar-refractivity contribution in [2.75, 3.05) is 13.6 Å². The number of amides is 3. The molecule has 0 radical (unpaired) electrons. The lowest BCUT2D eigenvalue weighted by atomic mass is 9.85. The zero-order chi connectivity index (χ0) is 18.6. The second-order valence-corrected chi connectivity index (χ2v) is 7.66. The van der Waals surface area contributed by atoms with Crippen LogP contribution < -0.4 is 0 Å². The highest BCUT2D eigenvalue weighted by molar-refractivity contribution is 6.31. The van der Waals surface area contributed by atoms with Gasteiger partial charge in [0.1, 0.15) is 12.4 Å². The number of hydrogen-bond donors (Lipinski definition) is 0. The molecule has 1 saturated carbocycles. The molecule has 2 fully saturated rings. The Bertz CT molecular complexity index is 810. The van der Waals surface area contributed by atoms with Gasteiger partial charge < -0.3 is 4.90 Å². The maximum Gasteiger partial charge on any atom is 0.242 e. The van der Waals surface area contributed by atoms with Crippen LogP contribution in [0.1, 0.15) is 12.0 Å². The quantitative estimate of drug-likeness (QED) is 0.598. The first kappa shape index (κ1) is 17.2. The van der Waals surface area contributed by atoms with E-state index in [4.69, 9.17) is 11.6 Å². The summed E-state index contributed by atoms with van der Waals surface area (Å²) in [7, 11) is 1.57. The number of nitrogens with zero attached hydrogens (tertiary/aromatic N) is 2. The molecule has 2 aliphatic carbocycles. The van der Waals surface area contributed by atoms with Crippen molar-refractivity contribution in [2.24, 2.45) is 23.7 Å². The van der Waals surface area contributed by atoms with Crippen molar-refractivity contribution in [3.05, 3.63) is 46.8 Å². The maximum atomic E-state index is 13.1. The molecule has 7 heteroatoms. The van der Waals surface area contributed by atoms with Gasteiger partial charge in [0.25, 0.3) is 0 Å². The molecule has 4 rings (SSSR count). The number of carbonyl (C=O) groups is 3. The fourth-order valence-corrected chi connectivity index (χ4v) is 4.60. The minimum atomic E-state index is -0.448. The molecule has 1 heterocycles. The summed E-state index contributed by atoms with van der Waals surface area (Å²) in [6, 6.07) is 3.98. The Labute approximate surface area is 155 Å². The van der Waals surface area contributed by atoms with Gasteiger partial charge in [-0.1, -0.05) is 29.8 Å². The number of hydrogen-bond acceptors (Lipinski definition) is 3. The molecule has 5 nitrogen and oxygen atoms in total. The predicted molar refractivity (Wildman–Crippen MR) is 92.3 cm³/mol. The summed E-state index contributed by atoms with van der Waals surface area (Å²) in [5.41, 5.74) is 0.599. The third kappa shape index (κ3) is 2.63. The van der Waals surface area contributed by atoms with Gasteiger partial charge in [-0.15, -0.1) is 0 Å².